The Hall–Kier alpha value is -4.48. The summed E-state index contributed by atoms with van der Waals surface area (Å²) in [6.07, 6.45) is -0.292. The van der Waals surface area contributed by atoms with E-state index in [0.717, 1.165) is 21.7 Å². The van der Waals surface area contributed by atoms with E-state index in [1.54, 1.807) is 22.9 Å². The first-order valence-corrected chi connectivity index (χ1v) is 13.2. The zero-order valence-corrected chi connectivity index (χ0v) is 22.1. The van der Waals surface area contributed by atoms with Crippen molar-refractivity contribution in [3.05, 3.63) is 82.3 Å². The summed E-state index contributed by atoms with van der Waals surface area (Å²) in [5.41, 5.74) is 6.16. The molecule has 196 valence electrons. The monoisotopic (exact) mass is 560 g/mol. The number of para-hydroxylation sites is 1. The molecule has 2 amide bonds. The van der Waals surface area contributed by atoms with Gasteiger partial charge in [-0.15, -0.1) is 16.4 Å². The van der Waals surface area contributed by atoms with Crippen LogP contribution in [0, 0.1) is 5.92 Å². The lowest BCUT2D eigenvalue weighted by Gasteiger charge is -2.19. The summed E-state index contributed by atoms with van der Waals surface area (Å²) in [5, 5.41) is 16.3. The van der Waals surface area contributed by atoms with Crippen LogP contribution < -0.4 is 15.5 Å². The maximum Gasteiger partial charge on any atom is 0.418 e. The molecule has 0 saturated heterocycles. The summed E-state index contributed by atoms with van der Waals surface area (Å²) < 4.78 is 13.5. The van der Waals surface area contributed by atoms with Crippen molar-refractivity contribution in [3.8, 4) is 16.5 Å². The molecule has 1 atom stereocenters. The number of hydrazone groups is 1. The zero-order chi connectivity index (χ0) is 26.9. The standard InChI is InChI=1S/C27H21ClN6O4S/c1-15-12-24(35)30-31-25(15)16-6-8-17(9-7-16)29-27(36)37-26-19-4-2-3-5-20(19)34(32-26)14-18-13-21(38-33-18)22-10-11-23(28)39-22/h2-11,13,15H,12,14H2,1H3,(H,29,36)(H,30,35). The van der Waals surface area contributed by atoms with Crippen LogP contribution in [0.2, 0.25) is 4.34 Å². The highest BCUT2D eigenvalue weighted by Crippen LogP contribution is 2.32. The smallest absolute Gasteiger partial charge is 0.389 e. The van der Waals surface area contributed by atoms with Gasteiger partial charge >= 0.3 is 6.09 Å². The number of thiophene rings is 1. The van der Waals surface area contributed by atoms with Crippen LogP contribution in [-0.2, 0) is 11.3 Å². The molecular weight excluding hydrogens is 540 g/mol. The van der Waals surface area contributed by atoms with Gasteiger partial charge < -0.3 is 9.26 Å². The van der Waals surface area contributed by atoms with Gasteiger partial charge in [-0.2, -0.15) is 5.10 Å². The molecular formula is C27H21ClN6O4S. The van der Waals surface area contributed by atoms with Gasteiger partial charge in [0.1, 0.15) is 5.69 Å². The fourth-order valence-corrected chi connectivity index (χ4v) is 5.34. The normalized spacial score (nSPS) is 15.2. The number of rotatable bonds is 6. The summed E-state index contributed by atoms with van der Waals surface area (Å²) in [4.78, 5) is 25.1. The molecule has 0 saturated carbocycles. The second-order valence-electron chi connectivity index (χ2n) is 9.00. The Bertz CT molecular complexity index is 1720. The average Bonchev–Trinajstić information content (AvgIpc) is 3.65. The number of ether oxygens (including phenoxy) is 1. The molecule has 2 N–H and O–H groups in total. The largest absolute Gasteiger partial charge is 0.418 e. The van der Waals surface area contributed by atoms with Crippen molar-refractivity contribution in [2.24, 2.45) is 11.0 Å². The molecule has 6 rings (SSSR count). The first kappa shape index (κ1) is 24.8. The third-order valence-electron chi connectivity index (χ3n) is 6.19. The van der Waals surface area contributed by atoms with E-state index in [-0.39, 0.29) is 17.7 Å². The van der Waals surface area contributed by atoms with Crippen molar-refractivity contribution in [2.75, 3.05) is 5.32 Å². The quantitative estimate of drug-likeness (QED) is 0.265. The Labute approximate surface area is 231 Å². The maximum absolute atomic E-state index is 12.7. The molecule has 5 aromatic rings. The highest BCUT2D eigenvalue weighted by Gasteiger charge is 2.22. The van der Waals surface area contributed by atoms with Crippen LogP contribution in [0.1, 0.15) is 24.6 Å². The minimum Gasteiger partial charge on any atom is -0.389 e. The Balaban J connectivity index is 1.16. The van der Waals surface area contributed by atoms with E-state index in [2.05, 4.69) is 26.1 Å². The summed E-state index contributed by atoms with van der Waals surface area (Å²) in [7, 11) is 0. The number of nitrogens with one attached hydrogen (secondary N) is 2. The molecule has 0 spiro atoms. The fraction of sp³-hybridized carbons (Fsp3) is 0.148. The molecule has 0 aliphatic carbocycles. The number of halogens is 1. The number of hydrogen-bond donors (Lipinski definition) is 2. The number of carbonyl (C=O) groups excluding carboxylic acids is 2. The minimum atomic E-state index is -0.674. The molecule has 1 aliphatic heterocycles. The third-order valence-corrected chi connectivity index (χ3v) is 7.43. The Morgan fingerprint density at radius 2 is 2.03 bits per heavy atom. The molecule has 1 unspecified atom stereocenters. The van der Waals surface area contributed by atoms with E-state index in [4.69, 9.17) is 20.9 Å². The summed E-state index contributed by atoms with van der Waals surface area (Å²) >= 11 is 7.44. The van der Waals surface area contributed by atoms with Gasteiger partial charge in [0.15, 0.2) is 5.76 Å². The van der Waals surface area contributed by atoms with Gasteiger partial charge in [0, 0.05) is 24.1 Å². The van der Waals surface area contributed by atoms with Crippen LogP contribution in [0.3, 0.4) is 0 Å². The van der Waals surface area contributed by atoms with Gasteiger partial charge in [0.2, 0.25) is 5.91 Å². The van der Waals surface area contributed by atoms with Crippen molar-refractivity contribution in [1.29, 1.82) is 0 Å². The van der Waals surface area contributed by atoms with Crippen LogP contribution in [0.5, 0.6) is 5.88 Å². The number of benzene rings is 2. The molecule has 39 heavy (non-hydrogen) atoms. The van der Waals surface area contributed by atoms with Crippen LogP contribution >= 0.6 is 22.9 Å². The zero-order valence-electron chi connectivity index (χ0n) is 20.6. The maximum atomic E-state index is 12.7. The highest BCUT2D eigenvalue weighted by atomic mass is 35.5. The first-order valence-electron chi connectivity index (χ1n) is 12.1. The van der Waals surface area contributed by atoms with Gasteiger partial charge in [-0.1, -0.05) is 47.9 Å². The lowest BCUT2D eigenvalue weighted by atomic mass is 9.94. The van der Waals surface area contributed by atoms with Gasteiger partial charge in [-0.3, -0.25) is 14.8 Å². The number of hydrogen-bond acceptors (Lipinski definition) is 8. The topological polar surface area (TPSA) is 124 Å². The average molecular weight is 561 g/mol. The van der Waals surface area contributed by atoms with Gasteiger partial charge in [-0.25, -0.2) is 10.2 Å². The van der Waals surface area contributed by atoms with Crippen molar-refractivity contribution < 1.29 is 18.8 Å². The summed E-state index contributed by atoms with van der Waals surface area (Å²) in [6, 6.07) is 20.2. The second-order valence-corrected chi connectivity index (χ2v) is 10.7. The van der Waals surface area contributed by atoms with Crippen LogP contribution in [-0.4, -0.2) is 32.6 Å². The van der Waals surface area contributed by atoms with Crippen LogP contribution in [0.15, 0.2) is 76.4 Å². The highest BCUT2D eigenvalue weighted by molar-refractivity contribution is 7.19. The number of fused-ring (bicyclic) bond motifs is 1. The van der Waals surface area contributed by atoms with Crippen molar-refractivity contribution >= 4 is 57.2 Å². The van der Waals surface area contributed by atoms with E-state index in [9.17, 15) is 9.59 Å². The molecule has 3 aromatic heterocycles. The lowest BCUT2D eigenvalue weighted by Crippen LogP contribution is -2.31. The van der Waals surface area contributed by atoms with E-state index >= 15 is 0 Å². The minimum absolute atomic E-state index is 0.00365. The van der Waals surface area contributed by atoms with Crippen molar-refractivity contribution in [3.63, 3.8) is 0 Å². The molecule has 10 nitrogen and oxygen atoms in total. The van der Waals surface area contributed by atoms with Crippen molar-refractivity contribution in [1.82, 2.24) is 20.4 Å². The lowest BCUT2D eigenvalue weighted by molar-refractivity contribution is -0.121. The molecule has 12 heteroatoms. The van der Waals surface area contributed by atoms with E-state index in [1.807, 2.05) is 55.5 Å². The molecule has 0 fully saturated rings. The Morgan fingerprint density at radius 3 is 2.79 bits per heavy atom. The predicted molar refractivity (Wildman–Crippen MR) is 148 cm³/mol. The summed E-state index contributed by atoms with van der Waals surface area (Å²) in [5.74, 6) is 0.699. The number of nitrogens with zero attached hydrogens (tertiary/aromatic N) is 4. The second kappa shape index (κ2) is 10.4. The fourth-order valence-electron chi connectivity index (χ4n) is 4.35. The van der Waals surface area contributed by atoms with Crippen LogP contribution in [0.25, 0.3) is 21.5 Å². The van der Waals surface area contributed by atoms with E-state index in [1.165, 1.54) is 11.3 Å². The van der Waals surface area contributed by atoms with Gasteiger partial charge in [-0.05, 0) is 42.0 Å². The number of anilines is 1. The van der Waals surface area contributed by atoms with Gasteiger partial charge in [0.05, 0.1) is 32.4 Å². The number of carbonyl (C=O) groups is 2. The first-order chi connectivity index (χ1) is 18.9. The van der Waals surface area contributed by atoms with E-state index < -0.39 is 6.09 Å². The predicted octanol–water partition coefficient (Wildman–Crippen LogP) is 5.93. The molecule has 1 aliphatic rings. The third kappa shape index (κ3) is 5.27. The molecule has 4 heterocycles. The number of amides is 2. The SMILES string of the molecule is CC1CC(=O)NN=C1c1ccc(NC(=O)Oc2nn(Cc3cc(-c4ccc(Cl)s4)on3)c3ccccc23)cc1. The van der Waals surface area contributed by atoms with Crippen LogP contribution in [0.4, 0.5) is 10.5 Å². The van der Waals surface area contributed by atoms with E-state index in [0.29, 0.717) is 39.8 Å². The molecule has 0 radical (unpaired) electrons. The van der Waals surface area contributed by atoms with Gasteiger partial charge in [0.25, 0.3) is 5.88 Å². The Kier molecular flexibility index (Phi) is 6.59. The number of aromatic nitrogens is 3. The molecule has 2 aromatic carbocycles. The molecule has 0 bridgehead atoms. The Morgan fingerprint density at radius 1 is 1.21 bits per heavy atom. The summed E-state index contributed by atoms with van der Waals surface area (Å²) in [6.45, 7) is 2.27. The van der Waals surface area contributed by atoms with Crippen molar-refractivity contribution in [2.45, 2.75) is 19.9 Å².